The average molecular weight is 276 g/mol. The van der Waals surface area contributed by atoms with Gasteiger partial charge in [0.05, 0.1) is 24.9 Å². The van der Waals surface area contributed by atoms with Crippen LogP contribution in [0, 0.1) is 31.1 Å². The molecule has 1 aromatic rings. The largest absolute Gasteiger partial charge is 0.481 e. The van der Waals surface area contributed by atoms with E-state index in [1.807, 2.05) is 0 Å². The Morgan fingerprint density at radius 1 is 1.45 bits per heavy atom. The van der Waals surface area contributed by atoms with Crippen molar-refractivity contribution in [2.45, 2.75) is 19.9 Å². The summed E-state index contributed by atoms with van der Waals surface area (Å²) in [4.78, 5) is 12.9. The number of aromatic nitrogens is 2. The SMILES string of the molecule is Cc1nnc(N(C)C2COCC2C(=O)O)c(C#N)c1C. The van der Waals surface area contributed by atoms with Gasteiger partial charge in [0.2, 0.25) is 0 Å². The Bertz CT molecular complexity index is 582. The van der Waals surface area contributed by atoms with Gasteiger partial charge in [-0.05, 0) is 19.4 Å². The van der Waals surface area contributed by atoms with E-state index in [4.69, 9.17) is 4.74 Å². The number of rotatable bonds is 3. The molecule has 1 aliphatic rings. The van der Waals surface area contributed by atoms with Crippen molar-refractivity contribution in [3.63, 3.8) is 0 Å². The summed E-state index contributed by atoms with van der Waals surface area (Å²) < 4.78 is 5.25. The molecule has 1 fully saturated rings. The molecule has 1 saturated heterocycles. The number of carboxylic acids is 1. The van der Waals surface area contributed by atoms with E-state index < -0.39 is 11.9 Å². The molecular weight excluding hydrogens is 260 g/mol. The van der Waals surface area contributed by atoms with Crippen LogP contribution < -0.4 is 4.90 Å². The van der Waals surface area contributed by atoms with Crippen LogP contribution in [0.1, 0.15) is 16.8 Å². The van der Waals surface area contributed by atoms with Gasteiger partial charge in [-0.2, -0.15) is 10.4 Å². The minimum atomic E-state index is -0.908. The molecule has 20 heavy (non-hydrogen) atoms. The van der Waals surface area contributed by atoms with E-state index in [1.54, 1.807) is 25.8 Å². The Morgan fingerprint density at radius 3 is 2.75 bits per heavy atom. The van der Waals surface area contributed by atoms with Crippen LogP contribution >= 0.6 is 0 Å². The average Bonchev–Trinajstić information content (AvgIpc) is 2.90. The van der Waals surface area contributed by atoms with Crippen molar-refractivity contribution < 1.29 is 14.6 Å². The summed E-state index contributed by atoms with van der Waals surface area (Å²) in [6.07, 6.45) is 0. The standard InChI is InChI=1S/C13H16N4O3/c1-7-8(2)15-16-12(9(7)4-14)17(3)11-6-20-5-10(11)13(18)19/h10-11H,5-6H2,1-3H3,(H,18,19). The van der Waals surface area contributed by atoms with Crippen molar-refractivity contribution in [1.29, 1.82) is 5.26 Å². The molecule has 2 atom stereocenters. The number of carbonyl (C=O) groups is 1. The molecule has 0 aromatic carbocycles. The predicted octanol–water partition coefficient (Wildman–Crippen LogP) is 0.501. The number of carboxylic acid groups (broad SMARTS) is 1. The zero-order valence-corrected chi connectivity index (χ0v) is 11.6. The quantitative estimate of drug-likeness (QED) is 0.858. The molecule has 2 heterocycles. The van der Waals surface area contributed by atoms with Crippen molar-refractivity contribution in [2.24, 2.45) is 5.92 Å². The third kappa shape index (κ3) is 2.30. The van der Waals surface area contributed by atoms with Crippen molar-refractivity contribution >= 4 is 11.8 Å². The summed E-state index contributed by atoms with van der Waals surface area (Å²) in [6, 6.07) is 1.77. The summed E-state index contributed by atoms with van der Waals surface area (Å²) >= 11 is 0. The van der Waals surface area contributed by atoms with Crippen LogP contribution in [0.5, 0.6) is 0 Å². The lowest BCUT2D eigenvalue weighted by molar-refractivity contribution is -0.141. The Labute approximate surface area is 116 Å². The van der Waals surface area contributed by atoms with E-state index in [2.05, 4.69) is 16.3 Å². The van der Waals surface area contributed by atoms with Crippen molar-refractivity contribution in [3.8, 4) is 6.07 Å². The summed E-state index contributed by atoms with van der Waals surface area (Å²) in [5.41, 5.74) is 1.88. The molecule has 0 saturated carbocycles. The number of ether oxygens (including phenoxy) is 1. The second-order valence-electron chi connectivity index (χ2n) is 4.88. The van der Waals surface area contributed by atoms with Crippen LogP contribution in [0.2, 0.25) is 0 Å². The Morgan fingerprint density at radius 2 is 2.15 bits per heavy atom. The van der Waals surface area contributed by atoms with Crippen molar-refractivity contribution in [2.75, 3.05) is 25.2 Å². The first-order valence-corrected chi connectivity index (χ1v) is 6.24. The topological polar surface area (TPSA) is 99.3 Å². The summed E-state index contributed by atoms with van der Waals surface area (Å²) in [6.45, 7) is 4.06. The Balaban J connectivity index is 2.39. The van der Waals surface area contributed by atoms with Gasteiger partial charge in [-0.15, -0.1) is 5.10 Å². The van der Waals surface area contributed by atoms with E-state index in [9.17, 15) is 15.2 Å². The van der Waals surface area contributed by atoms with Gasteiger partial charge >= 0.3 is 5.97 Å². The fourth-order valence-electron chi connectivity index (χ4n) is 2.29. The molecule has 7 heteroatoms. The molecule has 2 rings (SSSR count). The predicted molar refractivity (Wildman–Crippen MR) is 70.4 cm³/mol. The highest BCUT2D eigenvalue weighted by Gasteiger charge is 2.38. The first-order chi connectivity index (χ1) is 9.47. The van der Waals surface area contributed by atoms with Crippen LogP contribution in [0.15, 0.2) is 0 Å². The Kier molecular flexibility index (Phi) is 3.86. The lowest BCUT2D eigenvalue weighted by Gasteiger charge is -2.28. The highest BCUT2D eigenvalue weighted by Crippen LogP contribution is 2.27. The number of nitrogens with zero attached hydrogens (tertiary/aromatic N) is 4. The Hall–Kier alpha value is -2.20. The molecule has 1 aliphatic heterocycles. The van der Waals surface area contributed by atoms with Crippen LogP contribution in [-0.4, -0.2) is 47.6 Å². The fraction of sp³-hybridized carbons (Fsp3) is 0.538. The number of hydrogen-bond acceptors (Lipinski definition) is 6. The summed E-state index contributed by atoms with van der Waals surface area (Å²) in [7, 11) is 1.72. The molecule has 0 spiro atoms. The maximum atomic E-state index is 11.2. The normalized spacial score (nSPS) is 21.5. The first-order valence-electron chi connectivity index (χ1n) is 6.24. The second-order valence-corrected chi connectivity index (χ2v) is 4.88. The minimum Gasteiger partial charge on any atom is -0.481 e. The van der Waals surface area contributed by atoms with Gasteiger partial charge in [0.1, 0.15) is 17.6 Å². The summed E-state index contributed by atoms with van der Waals surface area (Å²) in [5, 5.41) is 26.6. The molecule has 7 nitrogen and oxygen atoms in total. The second kappa shape index (κ2) is 5.43. The van der Waals surface area contributed by atoms with Gasteiger partial charge in [0, 0.05) is 7.05 Å². The van der Waals surface area contributed by atoms with E-state index >= 15 is 0 Å². The fourth-order valence-corrected chi connectivity index (χ4v) is 2.29. The molecule has 1 aromatic heterocycles. The highest BCUT2D eigenvalue weighted by atomic mass is 16.5. The van der Waals surface area contributed by atoms with Gasteiger partial charge in [-0.25, -0.2) is 0 Å². The molecule has 1 N–H and O–H groups in total. The number of likely N-dealkylation sites (N-methyl/N-ethyl adjacent to an activating group) is 1. The van der Waals surface area contributed by atoms with Gasteiger partial charge < -0.3 is 14.7 Å². The number of aryl methyl sites for hydroxylation is 1. The van der Waals surface area contributed by atoms with Gasteiger partial charge in [-0.3, -0.25) is 4.79 Å². The van der Waals surface area contributed by atoms with E-state index in [0.29, 0.717) is 23.7 Å². The van der Waals surface area contributed by atoms with E-state index in [-0.39, 0.29) is 12.6 Å². The molecule has 106 valence electrons. The number of aliphatic carboxylic acids is 1. The number of anilines is 1. The summed E-state index contributed by atoms with van der Waals surface area (Å²) in [5.74, 6) is -1.14. The molecule has 0 aliphatic carbocycles. The smallest absolute Gasteiger partial charge is 0.311 e. The lowest BCUT2D eigenvalue weighted by atomic mass is 10.0. The minimum absolute atomic E-state index is 0.171. The monoisotopic (exact) mass is 276 g/mol. The number of hydrogen-bond donors (Lipinski definition) is 1. The third-order valence-electron chi connectivity index (χ3n) is 3.75. The zero-order chi connectivity index (χ0) is 14.9. The molecule has 2 unspecified atom stereocenters. The van der Waals surface area contributed by atoms with Crippen LogP contribution in [0.3, 0.4) is 0 Å². The van der Waals surface area contributed by atoms with Crippen LogP contribution in [0.25, 0.3) is 0 Å². The highest BCUT2D eigenvalue weighted by molar-refractivity contribution is 5.72. The molecule has 0 radical (unpaired) electrons. The van der Waals surface area contributed by atoms with Gasteiger partial charge in [0.25, 0.3) is 0 Å². The van der Waals surface area contributed by atoms with Crippen molar-refractivity contribution in [3.05, 3.63) is 16.8 Å². The van der Waals surface area contributed by atoms with Gasteiger partial charge in [0.15, 0.2) is 5.82 Å². The lowest BCUT2D eigenvalue weighted by Crippen LogP contribution is -2.41. The molecule has 0 bridgehead atoms. The maximum absolute atomic E-state index is 11.2. The molecule has 0 amide bonds. The maximum Gasteiger partial charge on any atom is 0.311 e. The van der Waals surface area contributed by atoms with E-state index in [0.717, 1.165) is 5.56 Å². The van der Waals surface area contributed by atoms with Gasteiger partial charge in [-0.1, -0.05) is 0 Å². The first kappa shape index (κ1) is 14.2. The zero-order valence-electron chi connectivity index (χ0n) is 11.6. The van der Waals surface area contributed by atoms with Crippen LogP contribution in [0.4, 0.5) is 5.82 Å². The van der Waals surface area contributed by atoms with Crippen LogP contribution in [-0.2, 0) is 9.53 Å². The third-order valence-corrected chi connectivity index (χ3v) is 3.75. The van der Waals surface area contributed by atoms with Crippen molar-refractivity contribution in [1.82, 2.24) is 10.2 Å². The molecular formula is C13H16N4O3. The number of nitriles is 1. The van der Waals surface area contributed by atoms with E-state index in [1.165, 1.54) is 0 Å².